The number of hydrogen-bond donors (Lipinski definition) is 0. The van der Waals surface area contributed by atoms with Gasteiger partial charge in [-0.1, -0.05) is 17.7 Å². The Morgan fingerprint density at radius 2 is 1.73 bits per heavy atom. The molecule has 2 aromatic carbocycles. The third-order valence-electron chi connectivity index (χ3n) is 5.58. The Bertz CT molecular complexity index is 930. The van der Waals surface area contributed by atoms with Gasteiger partial charge >= 0.3 is 5.97 Å². The largest absolute Gasteiger partial charge is 0.497 e. The predicted molar refractivity (Wildman–Crippen MR) is 114 cm³/mol. The van der Waals surface area contributed by atoms with E-state index in [0.717, 1.165) is 35.1 Å². The van der Waals surface area contributed by atoms with Crippen LogP contribution in [0.3, 0.4) is 0 Å². The van der Waals surface area contributed by atoms with Crippen LogP contribution in [0.25, 0.3) is 0 Å². The molecule has 1 saturated heterocycles. The minimum atomic E-state index is -0.465. The maximum absolute atomic E-state index is 12.9. The van der Waals surface area contributed by atoms with Crippen molar-refractivity contribution in [2.75, 3.05) is 27.4 Å². The van der Waals surface area contributed by atoms with Crippen molar-refractivity contribution in [2.24, 2.45) is 0 Å². The summed E-state index contributed by atoms with van der Waals surface area (Å²) in [6.45, 7) is 6.07. The van der Waals surface area contributed by atoms with Crippen LogP contribution in [-0.2, 0) is 9.53 Å². The maximum atomic E-state index is 12.9. The summed E-state index contributed by atoms with van der Waals surface area (Å²) in [5.41, 5.74) is 4.22. The molecule has 0 bridgehead atoms. The van der Waals surface area contributed by atoms with Crippen LogP contribution in [0, 0.1) is 20.8 Å². The number of hydrogen-bond acceptors (Lipinski definition) is 5. The Labute approximate surface area is 177 Å². The van der Waals surface area contributed by atoms with Crippen LogP contribution in [0.2, 0.25) is 0 Å². The van der Waals surface area contributed by atoms with Crippen LogP contribution in [0.1, 0.15) is 51.5 Å². The lowest BCUT2D eigenvalue weighted by Crippen LogP contribution is -2.34. The number of aryl methyl sites for hydroxylation is 3. The first-order valence-corrected chi connectivity index (χ1v) is 10.1. The molecule has 3 rings (SSSR count). The highest BCUT2D eigenvalue weighted by Gasteiger charge is 2.32. The van der Waals surface area contributed by atoms with Gasteiger partial charge < -0.3 is 19.1 Å². The number of nitrogens with zero attached hydrogens (tertiary/aromatic N) is 1. The van der Waals surface area contributed by atoms with Crippen molar-refractivity contribution in [3.05, 3.63) is 58.1 Å². The molecule has 0 spiro atoms. The quantitative estimate of drug-likeness (QED) is 0.668. The van der Waals surface area contributed by atoms with E-state index in [1.807, 2.05) is 51.1 Å². The Morgan fingerprint density at radius 1 is 1.03 bits per heavy atom. The molecule has 1 aliphatic heterocycles. The number of amides is 1. The van der Waals surface area contributed by atoms with Gasteiger partial charge in [-0.15, -0.1) is 0 Å². The first kappa shape index (κ1) is 21.7. The van der Waals surface area contributed by atoms with Gasteiger partial charge in [0.05, 0.1) is 25.8 Å². The van der Waals surface area contributed by atoms with Gasteiger partial charge in [-0.05, 0) is 62.9 Å². The van der Waals surface area contributed by atoms with Gasteiger partial charge in [0.15, 0.2) is 6.61 Å². The van der Waals surface area contributed by atoms with E-state index in [4.69, 9.17) is 14.2 Å². The van der Waals surface area contributed by atoms with E-state index in [1.54, 1.807) is 19.1 Å². The van der Waals surface area contributed by atoms with Crippen molar-refractivity contribution in [1.29, 1.82) is 0 Å². The van der Waals surface area contributed by atoms with Gasteiger partial charge in [-0.25, -0.2) is 4.79 Å². The third kappa shape index (κ3) is 4.42. The van der Waals surface area contributed by atoms with E-state index in [9.17, 15) is 9.59 Å². The van der Waals surface area contributed by atoms with Crippen molar-refractivity contribution < 1.29 is 23.8 Å². The zero-order valence-corrected chi connectivity index (χ0v) is 18.3. The molecule has 1 atom stereocenters. The summed E-state index contributed by atoms with van der Waals surface area (Å²) < 4.78 is 16.2. The van der Waals surface area contributed by atoms with E-state index >= 15 is 0 Å². The number of carbonyl (C=O) groups is 2. The standard InChI is InChI=1S/C24H29NO5/c1-15-11-16(2)23(17(3)12-15)24(27)30-14-22(26)25-10-6-7-20(25)19-13-18(28-4)8-9-21(19)29-5/h8-9,11-13,20H,6-7,10,14H2,1-5H3/t20-/m0/s1. The molecule has 160 valence electrons. The van der Waals surface area contributed by atoms with Crippen molar-refractivity contribution in [1.82, 2.24) is 4.90 Å². The van der Waals surface area contributed by atoms with Crippen molar-refractivity contribution >= 4 is 11.9 Å². The van der Waals surface area contributed by atoms with E-state index in [0.29, 0.717) is 23.6 Å². The van der Waals surface area contributed by atoms with Gasteiger partial charge in [-0.3, -0.25) is 4.79 Å². The van der Waals surface area contributed by atoms with Crippen LogP contribution in [0.15, 0.2) is 30.3 Å². The van der Waals surface area contributed by atoms with E-state index < -0.39 is 5.97 Å². The number of carbonyl (C=O) groups excluding carboxylic acids is 2. The number of rotatable bonds is 6. The highest BCUT2D eigenvalue weighted by molar-refractivity contribution is 5.94. The van der Waals surface area contributed by atoms with Crippen LogP contribution >= 0.6 is 0 Å². The van der Waals surface area contributed by atoms with Gasteiger partial charge in [0, 0.05) is 12.1 Å². The highest BCUT2D eigenvalue weighted by Crippen LogP contribution is 2.39. The molecule has 0 saturated carbocycles. The number of benzene rings is 2. The summed E-state index contributed by atoms with van der Waals surface area (Å²) in [6.07, 6.45) is 1.69. The second kappa shape index (κ2) is 9.20. The second-order valence-electron chi connectivity index (χ2n) is 7.70. The average molecular weight is 411 g/mol. The lowest BCUT2D eigenvalue weighted by atomic mass is 10.00. The molecule has 0 aromatic heterocycles. The first-order valence-electron chi connectivity index (χ1n) is 10.1. The maximum Gasteiger partial charge on any atom is 0.339 e. The summed E-state index contributed by atoms with van der Waals surface area (Å²) in [5, 5.41) is 0. The number of esters is 1. The zero-order chi connectivity index (χ0) is 21.8. The smallest absolute Gasteiger partial charge is 0.339 e. The Kier molecular flexibility index (Phi) is 6.65. The Morgan fingerprint density at radius 3 is 2.37 bits per heavy atom. The molecule has 1 aliphatic rings. The van der Waals surface area contributed by atoms with Crippen LogP contribution < -0.4 is 9.47 Å². The summed E-state index contributed by atoms with van der Waals surface area (Å²) in [7, 11) is 3.22. The number of ether oxygens (including phenoxy) is 3. The molecular weight excluding hydrogens is 382 g/mol. The van der Waals surface area contributed by atoms with Crippen LogP contribution in [-0.4, -0.2) is 44.1 Å². The fraction of sp³-hybridized carbons (Fsp3) is 0.417. The topological polar surface area (TPSA) is 65.1 Å². The highest BCUT2D eigenvalue weighted by atomic mass is 16.5. The minimum Gasteiger partial charge on any atom is -0.497 e. The molecular formula is C24H29NO5. The predicted octanol–water partition coefficient (Wildman–Crippen LogP) is 4.15. The second-order valence-corrected chi connectivity index (χ2v) is 7.70. The first-order chi connectivity index (χ1) is 14.3. The molecule has 0 unspecified atom stereocenters. The molecule has 0 N–H and O–H groups in total. The van der Waals surface area contributed by atoms with Gasteiger partial charge in [0.25, 0.3) is 5.91 Å². The average Bonchev–Trinajstić information content (AvgIpc) is 3.20. The van der Waals surface area contributed by atoms with Crippen molar-refractivity contribution in [3.8, 4) is 11.5 Å². The fourth-order valence-corrected chi connectivity index (χ4v) is 4.27. The lowest BCUT2D eigenvalue weighted by molar-refractivity contribution is -0.135. The Balaban J connectivity index is 1.74. The summed E-state index contributed by atoms with van der Waals surface area (Å²) >= 11 is 0. The number of likely N-dealkylation sites (tertiary alicyclic amines) is 1. The van der Waals surface area contributed by atoms with Crippen molar-refractivity contribution in [2.45, 2.75) is 39.7 Å². The molecule has 30 heavy (non-hydrogen) atoms. The van der Waals surface area contributed by atoms with Gasteiger partial charge in [0.1, 0.15) is 11.5 Å². The van der Waals surface area contributed by atoms with Crippen molar-refractivity contribution in [3.63, 3.8) is 0 Å². The molecule has 2 aromatic rings. The lowest BCUT2D eigenvalue weighted by Gasteiger charge is -2.26. The van der Waals surface area contributed by atoms with E-state index in [1.165, 1.54) is 0 Å². The molecule has 0 aliphatic carbocycles. The van der Waals surface area contributed by atoms with Gasteiger partial charge in [0.2, 0.25) is 0 Å². The summed E-state index contributed by atoms with van der Waals surface area (Å²) in [5.74, 6) is 0.747. The molecule has 6 nitrogen and oxygen atoms in total. The number of methoxy groups -OCH3 is 2. The summed E-state index contributed by atoms with van der Waals surface area (Å²) in [4.78, 5) is 27.3. The molecule has 0 radical (unpaired) electrons. The van der Waals surface area contributed by atoms with Gasteiger partial charge in [-0.2, -0.15) is 0 Å². The molecule has 1 fully saturated rings. The minimum absolute atomic E-state index is 0.135. The molecule has 1 amide bonds. The SMILES string of the molecule is COc1ccc(OC)c([C@@H]2CCCN2C(=O)COC(=O)c2c(C)cc(C)cc2C)c1. The normalized spacial score (nSPS) is 15.8. The third-order valence-corrected chi connectivity index (χ3v) is 5.58. The fourth-order valence-electron chi connectivity index (χ4n) is 4.27. The molecule has 6 heteroatoms. The summed E-state index contributed by atoms with van der Waals surface area (Å²) in [6, 6.07) is 9.33. The zero-order valence-electron chi connectivity index (χ0n) is 18.3. The molecule has 1 heterocycles. The Hall–Kier alpha value is -3.02. The van der Waals surface area contributed by atoms with E-state index in [2.05, 4.69) is 0 Å². The van der Waals surface area contributed by atoms with E-state index in [-0.39, 0.29) is 18.6 Å². The monoisotopic (exact) mass is 411 g/mol. The van der Waals surface area contributed by atoms with Crippen LogP contribution in [0.4, 0.5) is 0 Å². The van der Waals surface area contributed by atoms with Crippen LogP contribution in [0.5, 0.6) is 11.5 Å².